The fourth-order valence-corrected chi connectivity index (χ4v) is 2.40. The number of benzene rings is 1. The number of piperidine rings is 1. The van der Waals surface area contributed by atoms with Crippen molar-refractivity contribution in [2.45, 2.75) is 19.8 Å². The van der Waals surface area contributed by atoms with E-state index in [1.54, 1.807) is 11.0 Å². The van der Waals surface area contributed by atoms with Crippen LogP contribution in [0, 0.1) is 5.92 Å². The Balaban J connectivity index is 2.30. The van der Waals surface area contributed by atoms with E-state index in [1.807, 2.05) is 18.2 Å². The lowest BCUT2D eigenvalue weighted by atomic mass is 9.93. The fraction of sp³-hybridized carbons (Fsp3) is 0.385. The van der Waals surface area contributed by atoms with Gasteiger partial charge in [0.05, 0.1) is 16.6 Å². The molecule has 0 radical (unpaired) electrons. The van der Waals surface area contributed by atoms with E-state index >= 15 is 0 Å². The zero-order valence-electron chi connectivity index (χ0n) is 9.65. The third-order valence-electron chi connectivity index (χ3n) is 3.07. The Bertz CT molecular complexity index is 458. The maximum Gasteiger partial charge on any atom is 0.237 e. The van der Waals surface area contributed by atoms with Crippen LogP contribution in [0.5, 0.6) is 0 Å². The van der Waals surface area contributed by atoms with Crippen molar-refractivity contribution >= 4 is 29.0 Å². The average molecular weight is 252 g/mol. The summed E-state index contributed by atoms with van der Waals surface area (Å²) in [5.74, 6) is -0.691. The minimum atomic E-state index is -0.500. The third-order valence-corrected chi connectivity index (χ3v) is 3.39. The van der Waals surface area contributed by atoms with Gasteiger partial charge in [0.2, 0.25) is 5.91 Å². The van der Waals surface area contributed by atoms with Crippen molar-refractivity contribution in [1.29, 1.82) is 0 Å². The molecule has 4 heteroatoms. The van der Waals surface area contributed by atoms with Crippen LogP contribution in [0.4, 0.5) is 5.69 Å². The van der Waals surface area contributed by atoms with Crippen molar-refractivity contribution in [2.75, 3.05) is 11.4 Å². The number of halogens is 1. The van der Waals surface area contributed by atoms with Gasteiger partial charge in [0, 0.05) is 6.54 Å². The summed E-state index contributed by atoms with van der Waals surface area (Å²) in [7, 11) is 0. The van der Waals surface area contributed by atoms with Crippen LogP contribution < -0.4 is 4.90 Å². The van der Waals surface area contributed by atoms with E-state index < -0.39 is 5.92 Å². The van der Waals surface area contributed by atoms with E-state index in [1.165, 1.54) is 6.92 Å². The SMILES string of the molecule is CC(=O)C1CCCN(c2ccccc2Cl)C1=O. The molecule has 0 aliphatic carbocycles. The largest absolute Gasteiger partial charge is 0.310 e. The zero-order valence-corrected chi connectivity index (χ0v) is 10.4. The molecule has 90 valence electrons. The minimum Gasteiger partial charge on any atom is -0.310 e. The Morgan fingerprint density at radius 1 is 1.41 bits per heavy atom. The molecule has 1 aliphatic rings. The van der Waals surface area contributed by atoms with E-state index in [2.05, 4.69) is 0 Å². The van der Waals surface area contributed by atoms with Gasteiger partial charge in [-0.05, 0) is 31.9 Å². The van der Waals surface area contributed by atoms with Crippen molar-refractivity contribution in [1.82, 2.24) is 0 Å². The molecule has 1 fully saturated rings. The molecule has 1 aromatic rings. The summed E-state index contributed by atoms with van der Waals surface area (Å²) in [5, 5.41) is 0.546. The number of hydrogen-bond acceptors (Lipinski definition) is 2. The van der Waals surface area contributed by atoms with Crippen LogP contribution in [-0.2, 0) is 9.59 Å². The molecule has 1 unspecified atom stereocenters. The molecule has 1 aromatic carbocycles. The van der Waals surface area contributed by atoms with Gasteiger partial charge >= 0.3 is 0 Å². The number of nitrogens with zero attached hydrogens (tertiary/aromatic N) is 1. The maximum atomic E-state index is 12.2. The smallest absolute Gasteiger partial charge is 0.237 e. The van der Waals surface area contributed by atoms with Gasteiger partial charge in [-0.3, -0.25) is 9.59 Å². The van der Waals surface area contributed by atoms with Gasteiger partial charge in [0.25, 0.3) is 0 Å². The lowest BCUT2D eigenvalue weighted by molar-refractivity contribution is -0.132. The Morgan fingerprint density at radius 3 is 2.76 bits per heavy atom. The molecule has 0 aromatic heterocycles. The maximum absolute atomic E-state index is 12.2. The third kappa shape index (κ3) is 2.34. The van der Waals surface area contributed by atoms with Crippen LogP contribution in [0.15, 0.2) is 24.3 Å². The summed E-state index contributed by atoms with van der Waals surface area (Å²) in [6.07, 6.45) is 1.48. The first-order valence-electron chi connectivity index (χ1n) is 5.67. The Kier molecular flexibility index (Phi) is 3.48. The molecular weight excluding hydrogens is 238 g/mol. The summed E-state index contributed by atoms with van der Waals surface area (Å²) >= 11 is 6.07. The minimum absolute atomic E-state index is 0.0632. The number of Topliss-reactive ketones (excluding diaryl/α,β-unsaturated/α-hetero) is 1. The van der Waals surface area contributed by atoms with Gasteiger partial charge in [-0.1, -0.05) is 23.7 Å². The lowest BCUT2D eigenvalue weighted by Crippen LogP contribution is -2.43. The van der Waals surface area contributed by atoms with Crippen molar-refractivity contribution in [3.63, 3.8) is 0 Å². The summed E-state index contributed by atoms with van der Waals surface area (Å²) in [5.41, 5.74) is 0.699. The van der Waals surface area contributed by atoms with E-state index in [9.17, 15) is 9.59 Å². The predicted octanol–water partition coefficient (Wildman–Crippen LogP) is 2.67. The molecule has 0 bridgehead atoms. The number of anilines is 1. The monoisotopic (exact) mass is 251 g/mol. The molecule has 1 heterocycles. The van der Waals surface area contributed by atoms with Crippen molar-refractivity contribution in [2.24, 2.45) is 5.92 Å². The van der Waals surface area contributed by atoms with E-state index in [-0.39, 0.29) is 11.7 Å². The summed E-state index contributed by atoms with van der Waals surface area (Å²) in [6, 6.07) is 7.22. The molecule has 1 atom stereocenters. The second kappa shape index (κ2) is 4.88. The average Bonchev–Trinajstić information content (AvgIpc) is 2.30. The van der Waals surface area contributed by atoms with Crippen LogP contribution in [0.2, 0.25) is 5.02 Å². The molecule has 1 amide bonds. The van der Waals surface area contributed by atoms with Gasteiger partial charge in [0.15, 0.2) is 0 Å². The van der Waals surface area contributed by atoms with Crippen LogP contribution in [0.1, 0.15) is 19.8 Å². The fourth-order valence-electron chi connectivity index (χ4n) is 2.16. The molecule has 17 heavy (non-hydrogen) atoms. The Labute approximate surface area is 105 Å². The molecular formula is C13H14ClNO2. The van der Waals surface area contributed by atoms with Gasteiger partial charge in [-0.25, -0.2) is 0 Å². The van der Waals surface area contributed by atoms with Crippen LogP contribution >= 0.6 is 11.6 Å². The quantitative estimate of drug-likeness (QED) is 0.758. The molecule has 1 aliphatic heterocycles. The topological polar surface area (TPSA) is 37.4 Å². The summed E-state index contributed by atoms with van der Waals surface area (Å²) in [6.45, 7) is 2.10. The number of hydrogen-bond donors (Lipinski definition) is 0. The number of amides is 1. The Hall–Kier alpha value is -1.35. The summed E-state index contributed by atoms with van der Waals surface area (Å²) in [4.78, 5) is 25.2. The first-order valence-corrected chi connectivity index (χ1v) is 6.05. The van der Waals surface area contributed by atoms with E-state index in [4.69, 9.17) is 11.6 Å². The number of rotatable bonds is 2. The second-order valence-corrected chi connectivity index (χ2v) is 4.65. The van der Waals surface area contributed by atoms with Gasteiger partial charge in [-0.2, -0.15) is 0 Å². The number of ketones is 1. The normalized spacial score (nSPS) is 20.5. The van der Waals surface area contributed by atoms with Crippen molar-refractivity contribution in [3.8, 4) is 0 Å². The highest BCUT2D eigenvalue weighted by molar-refractivity contribution is 6.34. The number of para-hydroxylation sites is 1. The molecule has 1 saturated heterocycles. The van der Waals surface area contributed by atoms with E-state index in [0.717, 1.165) is 6.42 Å². The highest BCUT2D eigenvalue weighted by atomic mass is 35.5. The molecule has 0 N–H and O–H groups in total. The predicted molar refractivity (Wildman–Crippen MR) is 67.2 cm³/mol. The first-order chi connectivity index (χ1) is 8.11. The van der Waals surface area contributed by atoms with Crippen molar-refractivity contribution < 1.29 is 9.59 Å². The lowest BCUT2D eigenvalue weighted by Gasteiger charge is -2.31. The van der Waals surface area contributed by atoms with Gasteiger partial charge in [0.1, 0.15) is 5.78 Å². The van der Waals surface area contributed by atoms with E-state index in [0.29, 0.717) is 23.7 Å². The van der Waals surface area contributed by atoms with Crippen molar-refractivity contribution in [3.05, 3.63) is 29.3 Å². The van der Waals surface area contributed by atoms with Crippen LogP contribution in [-0.4, -0.2) is 18.2 Å². The highest BCUT2D eigenvalue weighted by Gasteiger charge is 2.33. The molecule has 2 rings (SSSR count). The van der Waals surface area contributed by atoms with Crippen LogP contribution in [0.25, 0.3) is 0 Å². The van der Waals surface area contributed by atoms with Crippen LogP contribution in [0.3, 0.4) is 0 Å². The second-order valence-electron chi connectivity index (χ2n) is 4.25. The molecule has 0 saturated carbocycles. The number of carbonyl (C=O) groups excluding carboxylic acids is 2. The number of carbonyl (C=O) groups is 2. The van der Waals surface area contributed by atoms with Gasteiger partial charge in [-0.15, -0.1) is 0 Å². The zero-order chi connectivity index (χ0) is 12.4. The molecule has 3 nitrogen and oxygen atoms in total. The van der Waals surface area contributed by atoms with Gasteiger partial charge < -0.3 is 4.90 Å². The first kappa shape index (κ1) is 12.1. The molecule has 0 spiro atoms. The Morgan fingerprint density at radius 2 is 2.12 bits per heavy atom. The standard InChI is InChI=1S/C13H14ClNO2/c1-9(16)10-5-4-8-15(13(10)17)12-7-3-2-6-11(12)14/h2-3,6-7,10H,4-5,8H2,1H3. The summed E-state index contributed by atoms with van der Waals surface area (Å²) < 4.78 is 0. The highest BCUT2D eigenvalue weighted by Crippen LogP contribution is 2.30.